The van der Waals surface area contributed by atoms with Crippen molar-refractivity contribution in [1.82, 2.24) is 10.2 Å². The van der Waals surface area contributed by atoms with Gasteiger partial charge in [0, 0.05) is 20.2 Å². The van der Waals surface area contributed by atoms with Crippen LogP contribution in [0.3, 0.4) is 0 Å². The smallest absolute Gasteiger partial charge is 0.240 e. The Labute approximate surface area is 125 Å². The Morgan fingerprint density at radius 1 is 1.57 bits per heavy atom. The second-order valence-corrected chi connectivity index (χ2v) is 5.45. The highest BCUT2D eigenvalue weighted by Crippen LogP contribution is 2.25. The summed E-state index contributed by atoms with van der Waals surface area (Å²) in [6, 6.07) is 6.82. The van der Waals surface area contributed by atoms with E-state index in [0.717, 1.165) is 5.56 Å². The summed E-state index contributed by atoms with van der Waals surface area (Å²) in [4.78, 5) is 14.5. The molecule has 3 unspecified atom stereocenters. The zero-order valence-corrected chi connectivity index (χ0v) is 12.9. The van der Waals surface area contributed by atoms with Crippen molar-refractivity contribution in [2.45, 2.75) is 38.5 Å². The number of ether oxygens (including phenoxy) is 1. The number of rotatable bonds is 5. The van der Waals surface area contributed by atoms with Crippen LogP contribution in [0.1, 0.15) is 31.9 Å². The summed E-state index contributed by atoms with van der Waals surface area (Å²) in [5, 5.41) is 12.8. The Morgan fingerprint density at radius 2 is 2.33 bits per heavy atom. The zero-order chi connectivity index (χ0) is 15.4. The van der Waals surface area contributed by atoms with Crippen LogP contribution in [0.15, 0.2) is 24.3 Å². The van der Waals surface area contributed by atoms with Crippen molar-refractivity contribution < 1.29 is 14.6 Å². The fourth-order valence-electron chi connectivity index (χ4n) is 2.86. The highest BCUT2D eigenvalue weighted by molar-refractivity contribution is 5.82. The van der Waals surface area contributed by atoms with Gasteiger partial charge >= 0.3 is 0 Å². The van der Waals surface area contributed by atoms with E-state index in [4.69, 9.17) is 4.74 Å². The molecule has 21 heavy (non-hydrogen) atoms. The predicted octanol–water partition coefficient (Wildman–Crippen LogP) is 1.68. The molecule has 1 aromatic carbocycles. The molecule has 0 aromatic heterocycles. The molecule has 1 amide bonds. The van der Waals surface area contributed by atoms with Crippen molar-refractivity contribution in [3.8, 4) is 5.75 Å². The quantitative estimate of drug-likeness (QED) is 0.867. The van der Waals surface area contributed by atoms with Crippen molar-refractivity contribution in [1.29, 1.82) is 0 Å². The van der Waals surface area contributed by atoms with Gasteiger partial charge in [-0.15, -0.1) is 0 Å². The van der Waals surface area contributed by atoms with Crippen LogP contribution in [0.25, 0.3) is 0 Å². The zero-order valence-electron chi connectivity index (χ0n) is 12.9. The van der Waals surface area contributed by atoms with E-state index in [9.17, 15) is 9.90 Å². The molecule has 5 nitrogen and oxygen atoms in total. The first-order chi connectivity index (χ1) is 10.1. The van der Waals surface area contributed by atoms with Gasteiger partial charge in [-0.3, -0.25) is 4.79 Å². The molecule has 1 aromatic rings. The van der Waals surface area contributed by atoms with Gasteiger partial charge in [0.25, 0.3) is 0 Å². The number of aromatic hydroxyl groups is 1. The van der Waals surface area contributed by atoms with Crippen LogP contribution < -0.4 is 5.32 Å². The number of methoxy groups -OCH3 is 1. The number of phenols is 1. The fraction of sp³-hybridized carbons (Fsp3) is 0.562. The van der Waals surface area contributed by atoms with Gasteiger partial charge in [-0.25, -0.2) is 0 Å². The first-order valence-electron chi connectivity index (χ1n) is 7.42. The molecular weight excluding hydrogens is 268 g/mol. The minimum Gasteiger partial charge on any atom is -0.508 e. The average molecular weight is 292 g/mol. The van der Waals surface area contributed by atoms with Crippen molar-refractivity contribution in [2.24, 2.45) is 0 Å². The molecule has 1 fully saturated rings. The summed E-state index contributed by atoms with van der Waals surface area (Å²) in [6.45, 7) is 5.30. The van der Waals surface area contributed by atoms with Gasteiger partial charge in [-0.1, -0.05) is 12.1 Å². The van der Waals surface area contributed by atoms with Crippen LogP contribution >= 0.6 is 0 Å². The van der Waals surface area contributed by atoms with Crippen LogP contribution in [0.2, 0.25) is 0 Å². The van der Waals surface area contributed by atoms with Gasteiger partial charge in [0.05, 0.1) is 18.2 Å². The average Bonchev–Trinajstić information content (AvgIpc) is 2.96. The number of carbonyl (C=O) groups excluding carboxylic acids is 1. The van der Waals surface area contributed by atoms with Crippen LogP contribution in [-0.2, 0) is 9.53 Å². The molecule has 116 valence electrons. The summed E-state index contributed by atoms with van der Waals surface area (Å²) >= 11 is 0. The van der Waals surface area contributed by atoms with E-state index in [1.54, 1.807) is 25.3 Å². The third-order valence-electron chi connectivity index (χ3n) is 4.17. The van der Waals surface area contributed by atoms with Crippen LogP contribution in [0, 0.1) is 0 Å². The number of likely N-dealkylation sites (N-methyl/N-ethyl adjacent to an activating group) is 1. The van der Waals surface area contributed by atoms with Gasteiger partial charge in [-0.2, -0.15) is 0 Å². The Balaban J connectivity index is 2.10. The molecule has 2 rings (SSSR count). The lowest BCUT2D eigenvalue weighted by molar-refractivity contribution is -0.135. The van der Waals surface area contributed by atoms with E-state index >= 15 is 0 Å². The monoisotopic (exact) mass is 292 g/mol. The number of nitrogens with one attached hydrogen (secondary N) is 1. The van der Waals surface area contributed by atoms with E-state index in [1.807, 2.05) is 24.8 Å². The molecule has 5 heteroatoms. The summed E-state index contributed by atoms with van der Waals surface area (Å²) in [5.74, 6) is 0.314. The number of phenolic OH excluding ortho intramolecular Hbond substituents is 1. The van der Waals surface area contributed by atoms with E-state index in [1.165, 1.54) is 0 Å². The first-order valence-corrected chi connectivity index (χ1v) is 7.42. The number of benzene rings is 1. The molecule has 1 saturated heterocycles. The maximum Gasteiger partial charge on any atom is 0.240 e. The summed E-state index contributed by atoms with van der Waals surface area (Å²) in [6.07, 6.45) is 0.812. The lowest BCUT2D eigenvalue weighted by Gasteiger charge is -2.31. The molecule has 1 aliphatic rings. The highest BCUT2D eigenvalue weighted by Gasteiger charge is 2.33. The van der Waals surface area contributed by atoms with E-state index in [2.05, 4.69) is 5.32 Å². The lowest BCUT2D eigenvalue weighted by Crippen LogP contribution is -2.44. The standard InChI is InChI=1S/C16H24N2O3/c1-4-18(11(2)12-6-5-7-13(19)8-12)16(20)15-9-14(21-3)10-17-15/h5-8,11,14-15,17,19H,4,9-10H2,1-3H3. The van der Waals surface area contributed by atoms with Crippen LogP contribution in [0.5, 0.6) is 5.75 Å². The van der Waals surface area contributed by atoms with E-state index < -0.39 is 0 Å². The second-order valence-electron chi connectivity index (χ2n) is 5.45. The summed E-state index contributed by atoms with van der Waals surface area (Å²) in [5.41, 5.74) is 0.937. The van der Waals surface area contributed by atoms with Crippen molar-refractivity contribution in [3.05, 3.63) is 29.8 Å². The third kappa shape index (κ3) is 3.54. The number of hydrogen-bond acceptors (Lipinski definition) is 4. The molecule has 0 saturated carbocycles. The second kappa shape index (κ2) is 6.91. The summed E-state index contributed by atoms with van der Waals surface area (Å²) in [7, 11) is 1.67. The van der Waals surface area contributed by atoms with Crippen molar-refractivity contribution in [2.75, 3.05) is 20.2 Å². The van der Waals surface area contributed by atoms with Gasteiger partial charge in [0.2, 0.25) is 5.91 Å². The maximum absolute atomic E-state index is 12.7. The van der Waals surface area contributed by atoms with Gasteiger partial charge < -0.3 is 20.1 Å². The Morgan fingerprint density at radius 3 is 2.90 bits per heavy atom. The van der Waals surface area contributed by atoms with Gasteiger partial charge in [0.1, 0.15) is 5.75 Å². The molecule has 0 aliphatic carbocycles. The number of nitrogens with zero attached hydrogens (tertiary/aromatic N) is 1. The molecular formula is C16H24N2O3. The number of amides is 1. The molecule has 1 aliphatic heterocycles. The molecule has 2 N–H and O–H groups in total. The lowest BCUT2D eigenvalue weighted by atomic mass is 10.0. The van der Waals surface area contributed by atoms with Gasteiger partial charge in [-0.05, 0) is 38.0 Å². The predicted molar refractivity (Wildman–Crippen MR) is 81.1 cm³/mol. The van der Waals surface area contributed by atoms with Crippen molar-refractivity contribution >= 4 is 5.91 Å². The number of carbonyl (C=O) groups is 1. The van der Waals surface area contributed by atoms with Gasteiger partial charge in [0.15, 0.2) is 0 Å². The SMILES string of the molecule is CCN(C(=O)C1CC(OC)CN1)C(C)c1cccc(O)c1. The Hall–Kier alpha value is -1.59. The normalized spacial score (nSPS) is 23.0. The third-order valence-corrected chi connectivity index (χ3v) is 4.17. The minimum atomic E-state index is -0.186. The summed E-state index contributed by atoms with van der Waals surface area (Å²) < 4.78 is 5.30. The molecule has 3 atom stereocenters. The molecule has 0 radical (unpaired) electrons. The molecule has 0 bridgehead atoms. The van der Waals surface area contributed by atoms with E-state index in [-0.39, 0.29) is 29.8 Å². The Kier molecular flexibility index (Phi) is 5.20. The molecule has 0 spiro atoms. The minimum absolute atomic E-state index is 0.0713. The largest absolute Gasteiger partial charge is 0.508 e. The molecule has 1 heterocycles. The number of hydrogen-bond donors (Lipinski definition) is 2. The van der Waals surface area contributed by atoms with Crippen LogP contribution in [-0.4, -0.2) is 48.3 Å². The maximum atomic E-state index is 12.7. The highest BCUT2D eigenvalue weighted by atomic mass is 16.5. The fourth-order valence-corrected chi connectivity index (χ4v) is 2.86. The topological polar surface area (TPSA) is 61.8 Å². The van der Waals surface area contributed by atoms with Crippen molar-refractivity contribution in [3.63, 3.8) is 0 Å². The Bertz CT molecular complexity index is 492. The van der Waals surface area contributed by atoms with Crippen LogP contribution in [0.4, 0.5) is 0 Å². The van der Waals surface area contributed by atoms with E-state index in [0.29, 0.717) is 19.5 Å². The first kappa shape index (κ1) is 15.8.